The molecule has 1 aromatic carbocycles. The second kappa shape index (κ2) is 6.08. The van der Waals surface area contributed by atoms with Crippen LogP contribution >= 0.6 is 0 Å². The van der Waals surface area contributed by atoms with Gasteiger partial charge in [0, 0.05) is 12.6 Å². The Morgan fingerprint density at radius 3 is 2.82 bits per heavy atom. The van der Waals surface area contributed by atoms with Gasteiger partial charge in [0.1, 0.15) is 11.6 Å². The van der Waals surface area contributed by atoms with Crippen LogP contribution in [-0.2, 0) is 4.79 Å². The standard InChI is InChI=1S/C12H16FNO3/c1-3-8(12(15)16)7-14-10-6-9(13)4-5-11(10)17-2/h4-6,8,14H,3,7H2,1-2H3,(H,15,16). The number of benzene rings is 1. The molecule has 0 fully saturated rings. The first-order valence-corrected chi connectivity index (χ1v) is 5.38. The third kappa shape index (κ3) is 3.62. The van der Waals surface area contributed by atoms with Crippen LogP contribution in [0.3, 0.4) is 0 Å². The van der Waals surface area contributed by atoms with Crippen molar-refractivity contribution in [2.45, 2.75) is 13.3 Å². The number of hydrogen-bond donors (Lipinski definition) is 2. The van der Waals surface area contributed by atoms with E-state index in [1.165, 1.54) is 25.3 Å². The Morgan fingerprint density at radius 2 is 2.29 bits per heavy atom. The lowest BCUT2D eigenvalue weighted by Gasteiger charge is -2.14. The van der Waals surface area contributed by atoms with Gasteiger partial charge >= 0.3 is 5.97 Å². The van der Waals surface area contributed by atoms with Crippen molar-refractivity contribution in [2.24, 2.45) is 5.92 Å². The Bertz CT molecular complexity index is 395. The Morgan fingerprint density at radius 1 is 1.59 bits per heavy atom. The molecule has 0 saturated carbocycles. The van der Waals surface area contributed by atoms with Gasteiger partial charge in [-0.1, -0.05) is 6.92 Å². The Balaban J connectivity index is 2.73. The molecule has 17 heavy (non-hydrogen) atoms. The summed E-state index contributed by atoms with van der Waals surface area (Å²) in [5.74, 6) is -1.26. The number of hydrogen-bond acceptors (Lipinski definition) is 3. The fraction of sp³-hybridized carbons (Fsp3) is 0.417. The number of nitrogens with one attached hydrogen (secondary N) is 1. The maximum absolute atomic E-state index is 13.0. The maximum Gasteiger partial charge on any atom is 0.308 e. The van der Waals surface area contributed by atoms with Gasteiger partial charge in [-0.05, 0) is 18.6 Å². The quantitative estimate of drug-likeness (QED) is 0.802. The number of anilines is 1. The molecule has 0 aromatic heterocycles. The zero-order valence-corrected chi connectivity index (χ0v) is 9.87. The van der Waals surface area contributed by atoms with E-state index >= 15 is 0 Å². The van der Waals surface area contributed by atoms with Gasteiger partial charge in [-0.3, -0.25) is 4.79 Å². The zero-order chi connectivity index (χ0) is 12.8. The van der Waals surface area contributed by atoms with Gasteiger partial charge in [-0.2, -0.15) is 0 Å². The lowest BCUT2D eigenvalue weighted by Crippen LogP contribution is -2.22. The van der Waals surface area contributed by atoms with E-state index in [1.807, 2.05) is 0 Å². The minimum atomic E-state index is -0.865. The molecule has 0 radical (unpaired) electrons. The Labute approximate surface area is 99.4 Å². The lowest BCUT2D eigenvalue weighted by molar-refractivity contribution is -0.141. The first-order chi connectivity index (χ1) is 8.08. The second-order valence-electron chi connectivity index (χ2n) is 3.67. The van der Waals surface area contributed by atoms with Crippen LogP contribution in [-0.4, -0.2) is 24.7 Å². The molecule has 0 spiro atoms. The van der Waals surface area contributed by atoms with Crippen molar-refractivity contribution in [3.63, 3.8) is 0 Å². The molecule has 2 N–H and O–H groups in total. The number of carbonyl (C=O) groups is 1. The monoisotopic (exact) mass is 241 g/mol. The van der Waals surface area contributed by atoms with E-state index in [4.69, 9.17) is 9.84 Å². The second-order valence-corrected chi connectivity index (χ2v) is 3.67. The van der Waals surface area contributed by atoms with Crippen molar-refractivity contribution in [3.8, 4) is 5.75 Å². The van der Waals surface area contributed by atoms with Crippen LogP contribution in [0.2, 0.25) is 0 Å². The molecule has 0 heterocycles. The highest BCUT2D eigenvalue weighted by atomic mass is 19.1. The Kier molecular flexibility index (Phi) is 4.75. The number of halogens is 1. The van der Waals surface area contributed by atoms with Crippen LogP contribution in [0.15, 0.2) is 18.2 Å². The molecule has 0 bridgehead atoms. The molecule has 1 atom stereocenters. The molecular formula is C12H16FNO3. The third-order valence-corrected chi connectivity index (χ3v) is 2.54. The number of carboxylic acids is 1. The highest BCUT2D eigenvalue weighted by molar-refractivity contribution is 5.71. The van der Waals surface area contributed by atoms with E-state index in [0.717, 1.165) is 0 Å². The molecule has 0 aliphatic heterocycles. The summed E-state index contributed by atoms with van der Waals surface area (Å²) < 4.78 is 18.1. The predicted octanol–water partition coefficient (Wildman–Crippen LogP) is 2.36. The van der Waals surface area contributed by atoms with Crippen LogP contribution < -0.4 is 10.1 Å². The van der Waals surface area contributed by atoms with Crippen LogP contribution in [0.5, 0.6) is 5.75 Å². The molecule has 0 amide bonds. The molecule has 1 unspecified atom stereocenters. The van der Waals surface area contributed by atoms with E-state index in [-0.39, 0.29) is 6.54 Å². The molecular weight excluding hydrogens is 225 g/mol. The summed E-state index contributed by atoms with van der Waals surface area (Å²) in [6.45, 7) is 2.04. The molecule has 94 valence electrons. The van der Waals surface area contributed by atoms with Gasteiger partial charge in [-0.25, -0.2) is 4.39 Å². The SMILES string of the molecule is CCC(CNc1cc(F)ccc1OC)C(=O)O. The van der Waals surface area contributed by atoms with Crippen molar-refractivity contribution in [2.75, 3.05) is 19.0 Å². The topological polar surface area (TPSA) is 58.6 Å². The first kappa shape index (κ1) is 13.3. The van der Waals surface area contributed by atoms with E-state index in [0.29, 0.717) is 17.9 Å². The fourth-order valence-corrected chi connectivity index (χ4v) is 1.46. The van der Waals surface area contributed by atoms with E-state index < -0.39 is 17.7 Å². The summed E-state index contributed by atoms with van der Waals surface area (Å²) in [6, 6.07) is 4.07. The van der Waals surface area contributed by atoms with Gasteiger partial charge in [0.15, 0.2) is 0 Å². The number of ether oxygens (including phenoxy) is 1. The molecule has 0 aliphatic rings. The molecule has 4 nitrogen and oxygen atoms in total. The molecule has 1 aromatic rings. The fourth-order valence-electron chi connectivity index (χ4n) is 1.46. The van der Waals surface area contributed by atoms with Crippen LogP contribution in [0, 0.1) is 11.7 Å². The Hall–Kier alpha value is -1.78. The summed E-state index contributed by atoms with van der Waals surface area (Å²) in [5, 5.41) is 11.8. The van der Waals surface area contributed by atoms with E-state index in [9.17, 15) is 9.18 Å². The molecule has 0 aliphatic carbocycles. The van der Waals surface area contributed by atoms with Gasteiger partial charge in [-0.15, -0.1) is 0 Å². The summed E-state index contributed by atoms with van der Waals surface area (Å²) in [5.41, 5.74) is 0.465. The third-order valence-electron chi connectivity index (χ3n) is 2.54. The van der Waals surface area contributed by atoms with Gasteiger partial charge in [0.25, 0.3) is 0 Å². The van der Waals surface area contributed by atoms with Crippen molar-refractivity contribution in [3.05, 3.63) is 24.0 Å². The average Bonchev–Trinajstić information content (AvgIpc) is 2.29. The van der Waals surface area contributed by atoms with Crippen LogP contribution in [0.1, 0.15) is 13.3 Å². The van der Waals surface area contributed by atoms with Crippen molar-refractivity contribution >= 4 is 11.7 Å². The minimum absolute atomic E-state index is 0.242. The van der Waals surface area contributed by atoms with Crippen molar-refractivity contribution in [1.29, 1.82) is 0 Å². The zero-order valence-electron chi connectivity index (χ0n) is 9.87. The summed E-state index contributed by atoms with van der Waals surface area (Å²) >= 11 is 0. The van der Waals surface area contributed by atoms with Crippen molar-refractivity contribution < 1.29 is 19.0 Å². The number of carboxylic acid groups (broad SMARTS) is 1. The number of rotatable bonds is 6. The maximum atomic E-state index is 13.0. The average molecular weight is 241 g/mol. The minimum Gasteiger partial charge on any atom is -0.495 e. The van der Waals surface area contributed by atoms with Crippen molar-refractivity contribution in [1.82, 2.24) is 0 Å². The lowest BCUT2D eigenvalue weighted by atomic mass is 10.1. The summed E-state index contributed by atoms with van der Waals surface area (Å²) in [6.07, 6.45) is 0.514. The smallest absolute Gasteiger partial charge is 0.308 e. The summed E-state index contributed by atoms with van der Waals surface area (Å²) in [7, 11) is 1.48. The molecule has 0 saturated heterocycles. The highest BCUT2D eigenvalue weighted by Gasteiger charge is 2.15. The normalized spacial score (nSPS) is 11.9. The van der Waals surface area contributed by atoms with Gasteiger partial charge < -0.3 is 15.2 Å². The first-order valence-electron chi connectivity index (χ1n) is 5.38. The predicted molar refractivity (Wildman–Crippen MR) is 62.9 cm³/mol. The number of methoxy groups -OCH3 is 1. The van der Waals surface area contributed by atoms with E-state index in [2.05, 4.69) is 5.32 Å². The van der Waals surface area contributed by atoms with Crippen LogP contribution in [0.4, 0.5) is 10.1 Å². The van der Waals surface area contributed by atoms with Crippen LogP contribution in [0.25, 0.3) is 0 Å². The van der Waals surface area contributed by atoms with Gasteiger partial charge in [0.2, 0.25) is 0 Å². The highest BCUT2D eigenvalue weighted by Crippen LogP contribution is 2.25. The molecule has 1 rings (SSSR count). The van der Waals surface area contributed by atoms with E-state index in [1.54, 1.807) is 6.92 Å². The number of aliphatic carboxylic acids is 1. The summed E-state index contributed by atoms with van der Waals surface area (Å²) in [4.78, 5) is 10.8. The molecule has 5 heteroatoms. The van der Waals surface area contributed by atoms with Gasteiger partial charge in [0.05, 0.1) is 18.7 Å². The largest absolute Gasteiger partial charge is 0.495 e.